The maximum absolute atomic E-state index is 13.6. The van der Waals surface area contributed by atoms with Gasteiger partial charge in [0, 0.05) is 43.2 Å². The van der Waals surface area contributed by atoms with Gasteiger partial charge in [-0.3, -0.25) is 14.4 Å². The zero-order valence-corrected chi connectivity index (χ0v) is 25.9. The molecule has 3 aliphatic heterocycles. The van der Waals surface area contributed by atoms with Crippen molar-refractivity contribution < 1.29 is 37.1 Å². The largest absolute Gasteiger partial charge is 0.469 e. The van der Waals surface area contributed by atoms with E-state index in [-0.39, 0.29) is 47.9 Å². The second kappa shape index (κ2) is 13.0. The smallest absolute Gasteiger partial charge is 0.410 e. The highest BCUT2D eigenvalue weighted by molar-refractivity contribution is 7.89. The quantitative estimate of drug-likeness (QED) is 0.458. The summed E-state index contributed by atoms with van der Waals surface area (Å²) >= 11 is 1.28. The average molecular weight is 633 g/mol. The normalized spacial score (nSPS) is 17.8. The zero-order chi connectivity index (χ0) is 30.7. The molecule has 14 heteroatoms. The fourth-order valence-electron chi connectivity index (χ4n) is 5.77. The first kappa shape index (κ1) is 31.0. The highest BCUT2D eigenvalue weighted by Crippen LogP contribution is 2.39. The van der Waals surface area contributed by atoms with E-state index in [0.717, 1.165) is 23.3 Å². The Balaban J connectivity index is 1.33. The number of rotatable bonds is 7. The summed E-state index contributed by atoms with van der Waals surface area (Å²) in [6.07, 6.45) is 2.67. The lowest BCUT2D eigenvalue weighted by Crippen LogP contribution is -2.40. The molecule has 0 aliphatic carbocycles. The zero-order valence-electron chi connectivity index (χ0n) is 24.3. The summed E-state index contributed by atoms with van der Waals surface area (Å²) in [5.74, 6) is -1.26. The molecule has 2 fully saturated rings. The van der Waals surface area contributed by atoms with E-state index in [1.807, 2.05) is 0 Å². The van der Waals surface area contributed by atoms with Crippen LogP contribution in [0.1, 0.15) is 63.8 Å². The average Bonchev–Trinajstić information content (AvgIpc) is 3.68. The number of methoxy groups -OCH3 is 1. The van der Waals surface area contributed by atoms with Crippen molar-refractivity contribution in [1.29, 1.82) is 0 Å². The Morgan fingerprint density at radius 3 is 2.28 bits per heavy atom. The van der Waals surface area contributed by atoms with Gasteiger partial charge in [0.25, 0.3) is 11.8 Å². The third-order valence-corrected chi connectivity index (χ3v) is 11.2. The number of amides is 3. The van der Waals surface area contributed by atoms with Crippen LogP contribution in [-0.4, -0.2) is 92.8 Å². The Kier molecular flexibility index (Phi) is 9.37. The minimum Gasteiger partial charge on any atom is -0.469 e. The predicted octanol–water partition coefficient (Wildman–Crippen LogP) is 3.32. The van der Waals surface area contributed by atoms with Crippen molar-refractivity contribution in [2.24, 2.45) is 5.92 Å². The minimum absolute atomic E-state index is 0.0520. The third-order valence-electron chi connectivity index (χ3n) is 8.16. The number of piperidine rings is 1. The van der Waals surface area contributed by atoms with Gasteiger partial charge >= 0.3 is 12.1 Å². The highest BCUT2D eigenvalue weighted by Gasteiger charge is 2.35. The highest BCUT2D eigenvalue weighted by atomic mass is 32.2. The van der Waals surface area contributed by atoms with Crippen molar-refractivity contribution in [3.8, 4) is 0 Å². The molecule has 2 saturated heterocycles. The fraction of sp³-hybridized carbons (Fsp3) is 0.517. The van der Waals surface area contributed by atoms with Crippen molar-refractivity contribution in [1.82, 2.24) is 14.1 Å². The van der Waals surface area contributed by atoms with Crippen molar-refractivity contribution in [2.75, 3.05) is 51.8 Å². The molecule has 0 saturated carbocycles. The number of fused-ring (bicyclic) bond motifs is 1. The number of carbonyl (C=O) groups excluding carboxylic acids is 4. The Labute approximate surface area is 255 Å². The molecule has 0 bridgehead atoms. The summed E-state index contributed by atoms with van der Waals surface area (Å²) in [5.41, 5.74) is 1.55. The molecule has 1 N–H and O–H groups in total. The molecule has 0 radical (unpaired) electrons. The molecular weight excluding hydrogens is 596 g/mol. The van der Waals surface area contributed by atoms with E-state index in [4.69, 9.17) is 9.47 Å². The van der Waals surface area contributed by atoms with Crippen LogP contribution >= 0.6 is 11.3 Å². The van der Waals surface area contributed by atoms with Crippen molar-refractivity contribution in [3.63, 3.8) is 0 Å². The Morgan fingerprint density at radius 2 is 1.65 bits per heavy atom. The van der Waals surface area contributed by atoms with Gasteiger partial charge in [-0.05, 0) is 68.9 Å². The molecule has 4 heterocycles. The summed E-state index contributed by atoms with van der Waals surface area (Å²) in [6.45, 7) is 4.43. The van der Waals surface area contributed by atoms with E-state index in [1.54, 1.807) is 16.7 Å². The number of sulfonamides is 1. The summed E-state index contributed by atoms with van der Waals surface area (Å²) < 4.78 is 37.7. The number of esters is 1. The van der Waals surface area contributed by atoms with Crippen molar-refractivity contribution in [3.05, 3.63) is 45.8 Å². The van der Waals surface area contributed by atoms with Crippen LogP contribution in [0.15, 0.2) is 29.2 Å². The van der Waals surface area contributed by atoms with Gasteiger partial charge < -0.3 is 24.6 Å². The number of likely N-dealkylation sites (tertiary alicyclic amines) is 1. The van der Waals surface area contributed by atoms with Crippen LogP contribution in [0.4, 0.5) is 9.80 Å². The predicted molar refractivity (Wildman–Crippen MR) is 158 cm³/mol. The molecule has 3 amide bonds. The first-order chi connectivity index (χ1) is 20.6. The van der Waals surface area contributed by atoms with Gasteiger partial charge in [-0.1, -0.05) is 0 Å². The van der Waals surface area contributed by atoms with Crippen LogP contribution in [0.25, 0.3) is 0 Å². The van der Waals surface area contributed by atoms with Crippen LogP contribution in [0.2, 0.25) is 0 Å². The Hall–Kier alpha value is -3.49. The molecule has 0 atom stereocenters. The molecule has 1 aromatic carbocycles. The number of nitrogens with one attached hydrogen (secondary N) is 1. The molecule has 232 valence electrons. The molecule has 1 aromatic heterocycles. The third kappa shape index (κ3) is 6.41. The number of thiophene rings is 1. The van der Waals surface area contributed by atoms with E-state index in [1.165, 1.54) is 47.0 Å². The van der Waals surface area contributed by atoms with E-state index < -0.39 is 22.0 Å². The van der Waals surface area contributed by atoms with Gasteiger partial charge in [-0.25, -0.2) is 13.2 Å². The number of hydrogen-bond donors (Lipinski definition) is 1. The topological polar surface area (TPSA) is 143 Å². The van der Waals surface area contributed by atoms with E-state index >= 15 is 0 Å². The van der Waals surface area contributed by atoms with Gasteiger partial charge in [0.15, 0.2) is 0 Å². The molecule has 43 heavy (non-hydrogen) atoms. The number of carbonyl (C=O) groups is 4. The molecular formula is C29H36N4O8S2. The van der Waals surface area contributed by atoms with Gasteiger partial charge in [0.1, 0.15) is 5.00 Å². The molecule has 3 aliphatic rings. The monoisotopic (exact) mass is 632 g/mol. The lowest BCUT2D eigenvalue weighted by molar-refractivity contribution is -0.146. The number of anilines is 1. The summed E-state index contributed by atoms with van der Waals surface area (Å²) in [4.78, 5) is 55.4. The molecule has 0 unspecified atom stereocenters. The van der Waals surface area contributed by atoms with Crippen LogP contribution < -0.4 is 5.32 Å². The lowest BCUT2D eigenvalue weighted by Gasteiger charge is -2.29. The first-order valence-corrected chi connectivity index (χ1v) is 16.7. The second-order valence-electron chi connectivity index (χ2n) is 10.8. The number of benzene rings is 1. The second-order valence-corrected chi connectivity index (χ2v) is 13.8. The number of hydrogen-bond acceptors (Lipinski definition) is 9. The summed E-state index contributed by atoms with van der Waals surface area (Å²) in [5, 5.41) is 3.31. The van der Waals surface area contributed by atoms with Gasteiger partial charge in [0.05, 0.1) is 36.6 Å². The lowest BCUT2D eigenvalue weighted by atomic mass is 9.99. The van der Waals surface area contributed by atoms with Crippen LogP contribution in [0.5, 0.6) is 0 Å². The first-order valence-electron chi connectivity index (χ1n) is 14.5. The standard InChI is InChI=1S/C29H36N4O8S2/c1-3-41-29(37)32-15-12-22-23(18-32)42-26(24(22)27(35)31-13-4-5-14-31)30-25(34)19-6-8-21(9-7-19)43(38,39)33-16-10-20(11-17-33)28(36)40-2/h6-9,20H,3-5,10-18H2,1-2H3,(H,30,34). The van der Waals surface area contributed by atoms with Gasteiger partial charge in [0.2, 0.25) is 10.0 Å². The Morgan fingerprint density at radius 1 is 0.977 bits per heavy atom. The van der Waals surface area contributed by atoms with E-state index in [2.05, 4.69) is 5.32 Å². The maximum atomic E-state index is 13.6. The Bertz CT molecular complexity index is 1490. The summed E-state index contributed by atoms with van der Waals surface area (Å²) in [7, 11) is -2.49. The minimum atomic E-state index is -3.81. The van der Waals surface area contributed by atoms with Crippen LogP contribution in [0.3, 0.4) is 0 Å². The SMILES string of the molecule is CCOC(=O)N1CCc2c(sc(NC(=O)c3ccc(S(=O)(=O)N4CCC(C(=O)OC)CC4)cc3)c2C(=O)N2CCCC2)C1. The molecule has 2 aromatic rings. The number of ether oxygens (including phenoxy) is 2. The molecule has 0 spiro atoms. The van der Waals surface area contributed by atoms with E-state index in [9.17, 15) is 27.6 Å². The van der Waals surface area contributed by atoms with Crippen LogP contribution in [-0.2, 0) is 37.3 Å². The van der Waals surface area contributed by atoms with Crippen molar-refractivity contribution in [2.45, 2.75) is 50.5 Å². The fourth-order valence-corrected chi connectivity index (χ4v) is 8.49. The molecule has 12 nitrogen and oxygen atoms in total. The summed E-state index contributed by atoms with van der Waals surface area (Å²) in [6, 6.07) is 5.68. The van der Waals surface area contributed by atoms with E-state index in [0.29, 0.717) is 56.0 Å². The number of nitrogens with zero attached hydrogens (tertiary/aromatic N) is 3. The maximum Gasteiger partial charge on any atom is 0.410 e. The molecule has 5 rings (SSSR count). The van der Waals surface area contributed by atoms with Crippen molar-refractivity contribution >= 4 is 50.2 Å². The van der Waals surface area contributed by atoms with Gasteiger partial charge in [-0.2, -0.15) is 4.31 Å². The van der Waals surface area contributed by atoms with Gasteiger partial charge in [-0.15, -0.1) is 11.3 Å². The van der Waals surface area contributed by atoms with Crippen LogP contribution in [0, 0.1) is 5.92 Å².